The molecule has 1 unspecified atom stereocenters. The van der Waals surface area contributed by atoms with Gasteiger partial charge in [0.15, 0.2) is 5.71 Å². The summed E-state index contributed by atoms with van der Waals surface area (Å²) in [5.41, 5.74) is 2.98. The minimum absolute atomic E-state index is 0.00778. The van der Waals surface area contributed by atoms with E-state index in [4.69, 9.17) is 4.84 Å². The number of carbonyl (C=O) groups is 2. The number of aromatic carboxylic acids is 1. The molecule has 2 aromatic carbocycles. The van der Waals surface area contributed by atoms with Gasteiger partial charge >= 0.3 is 5.97 Å². The molecule has 0 saturated heterocycles. The van der Waals surface area contributed by atoms with Crippen LogP contribution in [0, 0.1) is 0 Å². The molecule has 0 bridgehead atoms. The lowest BCUT2D eigenvalue weighted by Crippen LogP contribution is -2.34. The van der Waals surface area contributed by atoms with E-state index in [9.17, 15) is 19.8 Å². The molecule has 38 heavy (non-hydrogen) atoms. The summed E-state index contributed by atoms with van der Waals surface area (Å²) in [6.45, 7) is 11.0. The van der Waals surface area contributed by atoms with Gasteiger partial charge in [-0.15, -0.1) is 0 Å². The van der Waals surface area contributed by atoms with Crippen molar-refractivity contribution in [2.45, 2.75) is 103 Å². The number of aliphatic hydroxyl groups is 1. The average Bonchev–Trinajstić information content (AvgIpc) is 2.87. The van der Waals surface area contributed by atoms with E-state index in [1.165, 1.54) is 17.7 Å². The fourth-order valence-corrected chi connectivity index (χ4v) is 5.01. The third-order valence-electron chi connectivity index (χ3n) is 7.57. The second kappa shape index (κ2) is 12.6. The smallest absolute Gasteiger partial charge is 0.337 e. The lowest BCUT2D eigenvalue weighted by atomic mass is 9.63. The van der Waals surface area contributed by atoms with Crippen molar-refractivity contribution in [1.29, 1.82) is 0 Å². The van der Waals surface area contributed by atoms with E-state index in [0.717, 1.165) is 50.5 Å². The highest BCUT2D eigenvalue weighted by atomic mass is 16.7. The number of carbonyl (C=O) groups excluding carboxylic acids is 1. The van der Waals surface area contributed by atoms with Crippen LogP contribution in [0.1, 0.15) is 113 Å². The van der Waals surface area contributed by atoms with Gasteiger partial charge in [0.1, 0.15) is 0 Å². The molecule has 0 spiro atoms. The van der Waals surface area contributed by atoms with Crippen LogP contribution >= 0.6 is 0 Å². The van der Waals surface area contributed by atoms with Gasteiger partial charge in [-0.1, -0.05) is 89.7 Å². The summed E-state index contributed by atoms with van der Waals surface area (Å²) in [5.74, 6) is -1.76. The first-order chi connectivity index (χ1) is 18.0. The number of carboxylic acid groups (broad SMARTS) is 1. The predicted molar refractivity (Wildman–Crippen MR) is 151 cm³/mol. The van der Waals surface area contributed by atoms with E-state index in [2.05, 4.69) is 45.1 Å². The molecule has 0 aromatic heterocycles. The maximum Gasteiger partial charge on any atom is 0.337 e. The number of carboxylic acids is 1. The van der Waals surface area contributed by atoms with E-state index in [1.807, 2.05) is 18.2 Å². The summed E-state index contributed by atoms with van der Waals surface area (Å²) in [5, 5.41) is 26.7. The second-order valence-corrected chi connectivity index (χ2v) is 11.5. The van der Waals surface area contributed by atoms with Crippen LogP contribution < -0.4 is 5.32 Å². The van der Waals surface area contributed by atoms with Gasteiger partial charge in [0.05, 0.1) is 11.3 Å². The Morgan fingerprint density at radius 1 is 0.974 bits per heavy atom. The van der Waals surface area contributed by atoms with Gasteiger partial charge in [0, 0.05) is 12.0 Å². The Balaban J connectivity index is 1.93. The van der Waals surface area contributed by atoms with Gasteiger partial charge in [-0.3, -0.25) is 4.79 Å². The molecule has 1 aliphatic rings. The number of aliphatic hydroxyl groups excluding tert-OH is 1. The van der Waals surface area contributed by atoms with Crippen LogP contribution in [0.15, 0.2) is 47.6 Å². The number of para-hydroxylation sites is 1. The van der Waals surface area contributed by atoms with Crippen LogP contribution in [-0.2, 0) is 20.5 Å². The molecule has 206 valence electrons. The van der Waals surface area contributed by atoms with Crippen molar-refractivity contribution < 1.29 is 24.6 Å². The molecule has 0 saturated carbocycles. The third kappa shape index (κ3) is 7.22. The van der Waals surface area contributed by atoms with Gasteiger partial charge in [-0.05, 0) is 59.4 Å². The predicted octanol–water partition coefficient (Wildman–Crippen LogP) is 6.77. The summed E-state index contributed by atoms with van der Waals surface area (Å²) in [4.78, 5) is 30.6. The van der Waals surface area contributed by atoms with Crippen LogP contribution in [0.3, 0.4) is 0 Å². The number of anilines is 1. The second-order valence-electron chi connectivity index (χ2n) is 11.5. The molecule has 1 atom stereocenters. The van der Waals surface area contributed by atoms with E-state index in [1.54, 1.807) is 12.1 Å². The van der Waals surface area contributed by atoms with E-state index in [0.29, 0.717) is 12.0 Å². The largest absolute Gasteiger partial charge is 0.478 e. The zero-order valence-corrected chi connectivity index (χ0v) is 23.3. The molecular formula is C31H42N2O5. The number of unbranched alkanes of at least 4 members (excludes halogenated alkanes) is 4. The topological polar surface area (TPSA) is 108 Å². The van der Waals surface area contributed by atoms with Crippen LogP contribution in [0.2, 0.25) is 0 Å². The van der Waals surface area contributed by atoms with Gasteiger partial charge in [0.25, 0.3) is 5.91 Å². The number of nitrogens with zero attached hydrogens (tertiary/aromatic N) is 1. The van der Waals surface area contributed by atoms with Crippen molar-refractivity contribution in [2.75, 3.05) is 5.32 Å². The molecule has 0 aliphatic heterocycles. The molecule has 7 nitrogen and oxygen atoms in total. The van der Waals surface area contributed by atoms with Crippen LogP contribution in [0.5, 0.6) is 0 Å². The highest BCUT2D eigenvalue weighted by molar-refractivity contribution is 6.49. The summed E-state index contributed by atoms with van der Waals surface area (Å²) in [7, 11) is 0. The number of amides is 1. The van der Waals surface area contributed by atoms with Crippen molar-refractivity contribution in [3.8, 4) is 0 Å². The van der Waals surface area contributed by atoms with Crippen molar-refractivity contribution in [3.05, 3.63) is 64.7 Å². The molecule has 1 aliphatic carbocycles. The molecule has 0 fully saturated rings. The Morgan fingerprint density at radius 3 is 2.32 bits per heavy atom. The lowest BCUT2D eigenvalue weighted by molar-refractivity contribution is -0.113. The van der Waals surface area contributed by atoms with Gasteiger partial charge in [-0.25, -0.2) is 4.79 Å². The maximum atomic E-state index is 13.5. The van der Waals surface area contributed by atoms with Crippen LogP contribution in [0.4, 0.5) is 5.69 Å². The van der Waals surface area contributed by atoms with Crippen molar-refractivity contribution in [1.82, 2.24) is 0 Å². The first-order valence-electron chi connectivity index (χ1n) is 13.7. The quantitative estimate of drug-likeness (QED) is 0.123. The molecule has 0 radical (unpaired) electrons. The van der Waals surface area contributed by atoms with Gasteiger partial charge in [-0.2, -0.15) is 0 Å². The zero-order chi connectivity index (χ0) is 27.9. The monoisotopic (exact) mass is 522 g/mol. The molecule has 0 heterocycles. The molecule has 3 N–H and O–H groups in total. The summed E-state index contributed by atoms with van der Waals surface area (Å²) in [6.07, 6.45) is 6.53. The van der Waals surface area contributed by atoms with Gasteiger partial charge < -0.3 is 20.4 Å². The number of fused-ring (bicyclic) bond motifs is 1. The minimum Gasteiger partial charge on any atom is -0.478 e. The first-order valence-corrected chi connectivity index (χ1v) is 13.7. The summed E-state index contributed by atoms with van der Waals surface area (Å²) < 4.78 is 0. The van der Waals surface area contributed by atoms with E-state index in [-0.39, 0.29) is 27.8 Å². The van der Waals surface area contributed by atoms with E-state index >= 15 is 0 Å². The highest BCUT2D eigenvalue weighted by Crippen LogP contribution is 2.46. The molecule has 3 rings (SSSR count). The zero-order valence-electron chi connectivity index (χ0n) is 23.3. The van der Waals surface area contributed by atoms with Crippen molar-refractivity contribution in [2.24, 2.45) is 5.16 Å². The Kier molecular flexibility index (Phi) is 9.71. The minimum atomic E-state index is -1.15. The van der Waals surface area contributed by atoms with Crippen molar-refractivity contribution >= 4 is 23.3 Å². The standard InChI is InChI=1S/C31H42N2O5/c1-6-7-8-9-10-15-26(34)38-33-27(28(35)32-25-14-12-11-13-22(25)29(36)37)21-16-17-23-24(20-21)31(4,5)19-18-30(23,2)3/h11-14,16-17,20,26,34H,6-10,15,18-19H2,1-5H3,(H,32,35)(H,36,37)/b33-27+. The van der Waals surface area contributed by atoms with Gasteiger partial charge in [0.2, 0.25) is 6.29 Å². The molecule has 2 aromatic rings. The lowest BCUT2D eigenvalue weighted by Gasteiger charge is -2.42. The highest BCUT2D eigenvalue weighted by Gasteiger charge is 2.37. The summed E-state index contributed by atoms with van der Waals surface area (Å²) in [6, 6.07) is 12.1. The number of rotatable bonds is 12. The third-order valence-corrected chi connectivity index (χ3v) is 7.57. The number of oxime groups is 1. The van der Waals surface area contributed by atoms with Crippen LogP contribution in [0.25, 0.3) is 0 Å². The number of hydrogen-bond acceptors (Lipinski definition) is 5. The fraction of sp³-hybridized carbons (Fsp3) is 0.516. The Labute approximate surface area is 226 Å². The Morgan fingerprint density at radius 2 is 1.63 bits per heavy atom. The average molecular weight is 523 g/mol. The summed E-state index contributed by atoms with van der Waals surface area (Å²) >= 11 is 0. The SMILES string of the molecule is CCCCCCCC(O)O/N=C(/C(=O)Nc1ccccc1C(=O)O)c1ccc2c(c1)C(C)(C)CCC2(C)C. The van der Waals surface area contributed by atoms with Crippen LogP contribution in [-0.4, -0.2) is 34.1 Å². The Hall–Kier alpha value is -3.19. The maximum absolute atomic E-state index is 13.5. The number of hydrogen-bond donors (Lipinski definition) is 3. The van der Waals surface area contributed by atoms with E-state index < -0.39 is 18.2 Å². The molecular weight excluding hydrogens is 480 g/mol. The fourth-order valence-electron chi connectivity index (χ4n) is 5.01. The number of benzene rings is 2. The first kappa shape index (κ1) is 29.4. The normalized spacial score (nSPS) is 16.8. The molecule has 1 amide bonds. The Bertz CT molecular complexity index is 1170. The van der Waals surface area contributed by atoms with Crippen molar-refractivity contribution in [3.63, 3.8) is 0 Å². The number of nitrogens with one attached hydrogen (secondary N) is 1. The molecule has 7 heteroatoms.